The molecule has 0 spiro atoms. The van der Waals surface area contributed by atoms with Gasteiger partial charge in [-0.05, 0) is 70.6 Å². The maximum atomic E-state index is 13.6. The molecule has 0 bridgehead atoms. The van der Waals surface area contributed by atoms with Crippen LogP contribution in [0.4, 0.5) is 24.3 Å². The number of esters is 1. The average Bonchev–Trinajstić information content (AvgIpc) is 3.38. The molecular weight excluding hydrogens is 563 g/mol. The molecule has 0 atom stereocenters. The Morgan fingerprint density at radius 2 is 1.79 bits per heavy atom. The predicted octanol–water partition coefficient (Wildman–Crippen LogP) is 7.98. The van der Waals surface area contributed by atoms with E-state index in [0.29, 0.717) is 53.3 Å². The Hall–Kier alpha value is -3.21. The first-order chi connectivity index (χ1) is 19.9. The summed E-state index contributed by atoms with van der Waals surface area (Å²) in [6.07, 6.45) is 4.92. The Morgan fingerprint density at radius 1 is 1.05 bits per heavy atom. The van der Waals surface area contributed by atoms with Crippen LogP contribution in [0.15, 0.2) is 36.5 Å². The molecule has 42 heavy (non-hydrogen) atoms. The molecule has 3 heterocycles. The SMILES string of the molecule is CC(C)(C)OC(=O)CC1CCN(c2nc(-c3cccc(C(F)(F)F)c3)c(-c3ccnc(NC4CCCCC4)n3)s2)CC1. The van der Waals surface area contributed by atoms with Gasteiger partial charge in [0.05, 0.1) is 21.8 Å². The van der Waals surface area contributed by atoms with Gasteiger partial charge >= 0.3 is 12.1 Å². The van der Waals surface area contributed by atoms with Crippen molar-refractivity contribution in [2.24, 2.45) is 5.92 Å². The molecule has 1 saturated carbocycles. The molecular formula is C31H38F3N5O2S. The second kappa shape index (κ2) is 12.6. The van der Waals surface area contributed by atoms with Gasteiger partial charge in [0, 0.05) is 37.3 Å². The van der Waals surface area contributed by atoms with E-state index in [1.165, 1.54) is 36.7 Å². The number of nitrogens with zero attached hydrogens (tertiary/aromatic N) is 4. The standard InChI is InChI=1S/C31H38F3N5O2S/c1-30(2,3)41-25(40)18-20-13-16-39(17-14-20)29-38-26(21-8-7-9-22(19-21)31(32,33)34)27(42-29)24-12-15-35-28(37-24)36-23-10-5-4-6-11-23/h7-9,12,15,19-20,23H,4-6,10-11,13-14,16-18H2,1-3H3,(H,35,36,37). The van der Waals surface area contributed by atoms with Crippen molar-refractivity contribution in [3.8, 4) is 21.8 Å². The minimum Gasteiger partial charge on any atom is -0.460 e. The van der Waals surface area contributed by atoms with Gasteiger partial charge in [0.25, 0.3) is 0 Å². The van der Waals surface area contributed by atoms with Gasteiger partial charge in [0.2, 0.25) is 5.95 Å². The van der Waals surface area contributed by atoms with Crippen LogP contribution in [0.25, 0.3) is 21.8 Å². The van der Waals surface area contributed by atoms with Crippen LogP contribution in [-0.4, -0.2) is 45.7 Å². The van der Waals surface area contributed by atoms with E-state index in [1.807, 2.05) is 20.8 Å². The number of anilines is 2. The maximum Gasteiger partial charge on any atom is 0.416 e. The zero-order valence-corrected chi connectivity index (χ0v) is 25.2. The van der Waals surface area contributed by atoms with Gasteiger partial charge in [0.15, 0.2) is 5.13 Å². The molecule has 2 aromatic heterocycles. The number of alkyl halides is 3. The molecule has 0 amide bonds. The van der Waals surface area contributed by atoms with Gasteiger partial charge in [-0.15, -0.1) is 0 Å². The number of piperidine rings is 1. The summed E-state index contributed by atoms with van der Waals surface area (Å²) in [5, 5.41) is 4.18. The van der Waals surface area contributed by atoms with Crippen molar-refractivity contribution in [2.45, 2.75) is 90.0 Å². The van der Waals surface area contributed by atoms with Crippen LogP contribution < -0.4 is 10.2 Å². The highest BCUT2D eigenvalue weighted by Crippen LogP contribution is 2.42. The first-order valence-electron chi connectivity index (χ1n) is 14.7. The normalized spacial score (nSPS) is 17.3. The molecule has 1 saturated heterocycles. The molecule has 3 aromatic rings. The summed E-state index contributed by atoms with van der Waals surface area (Å²) in [7, 11) is 0. The highest BCUT2D eigenvalue weighted by Gasteiger charge is 2.32. The van der Waals surface area contributed by atoms with Crippen molar-refractivity contribution in [1.29, 1.82) is 0 Å². The summed E-state index contributed by atoms with van der Waals surface area (Å²) in [5.74, 6) is 0.548. The average molecular weight is 602 g/mol. The van der Waals surface area contributed by atoms with Gasteiger partial charge in [-0.2, -0.15) is 13.2 Å². The number of carbonyl (C=O) groups excluding carboxylic acids is 1. The molecule has 1 aromatic carbocycles. The largest absolute Gasteiger partial charge is 0.460 e. The monoisotopic (exact) mass is 601 g/mol. The molecule has 0 unspecified atom stereocenters. The fourth-order valence-corrected chi connectivity index (χ4v) is 6.70. The van der Waals surface area contributed by atoms with Crippen molar-refractivity contribution in [2.75, 3.05) is 23.3 Å². The quantitative estimate of drug-likeness (QED) is 0.275. The van der Waals surface area contributed by atoms with Gasteiger partial charge in [-0.3, -0.25) is 4.79 Å². The Labute approximate surface area is 248 Å². The topological polar surface area (TPSA) is 80.2 Å². The minimum atomic E-state index is -4.46. The molecule has 1 N–H and O–H groups in total. The number of rotatable bonds is 7. The lowest BCUT2D eigenvalue weighted by molar-refractivity contribution is -0.156. The molecule has 1 aliphatic heterocycles. The molecule has 0 radical (unpaired) electrons. The van der Waals surface area contributed by atoms with Crippen molar-refractivity contribution in [3.63, 3.8) is 0 Å². The van der Waals surface area contributed by atoms with Crippen molar-refractivity contribution < 1.29 is 22.7 Å². The molecule has 226 valence electrons. The van der Waals surface area contributed by atoms with E-state index in [0.717, 1.165) is 42.9 Å². The molecule has 2 aliphatic rings. The zero-order chi connectivity index (χ0) is 29.9. The van der Waals surface area contributed by atoms with Gasteiger partial charge in [0.1, 0.15) is 5.60 Å². The number of hydrogen-bond acceptors (Lipinski definition) is 8. The van der Waals surface area contributed by atoms with E-state index >= 15 is 0 Å². The van der Waals surface area contributed by atoms with Gasteiger partial charge < -0.3 is 15.0 Å². The summed E-state index contributed by atoms with van der Waals surface area (Å²) in [6, 6.07) is 7.40. The third kappa shape index (κ3) is 7.79. The van der Waals surface area contributed by atoms with E-state index in [4.69, 9.17) is 14.7 Å². The highest BCUT2D eigenvalue weighted by atomic mass is 32.1. The van der Waals surface area contributed by atoms with Crippen LogP contribution in [-0.2, 0) is 15.7 Å². The number of carbonyl (C=O) groups is 1. The van der Waals surface area contributed by atoms with Crippen molar-refractivity contribution in [3.05, 3.63) is 42.1 Å². The van der Waals surface area contributed by atoms with Gasteiger partial charge in [-0.25, -0.2) is 15.0 Å². The number of nitrogens with one attached hydrogen (secondary N) is 1. The first-order valence-corrected chi connectivity index (χ1v) is 15.5. The predicted molar refractivity (Wildman–Crippen MR) is 159 cm³/mol. The van der Waals surface area contributed by atoms with Crippen LogP contribution in [0.5, 0.6) is 0 Å². The van der Waals surface area contributed by atoms with Crippen LogP contribution in [0.1, 0.15) is 77.7 Å². The van der Waals surface area contributed by atoms with Crippen LogP contribution in [0.3, 0.4) is 0 Å². The van der Waals surface area contributed by atoms with E-state index in [-0.39, 0.29) is 11.9 Å². The Bertz CT molecular complexity index is 1370. The molecule has 5 rings (SSSR count). The van der Waals surface area contributed by atoms with Gasteiger partial charge in [-0.1, -0.05) is 42.7 Å². The third-order valence-electron chi connectivity index (χ3n) is 7.67. The summed E-state index contributed by atoms with van der Waals surface area (Å²) in [4.78, 5) is 29.3. The fraction of sp³-hybridized carbons (Fsp3) is 0.548. The van der Waals surface area contributed by atoms with Crippen molar-refractivity contribution >= 4 is 28.4 Å². The third-order valence-corrected chi connectivity index (χ3v) is 8.80. The van der Waals surface area contributed by atoms with E-state index < -0.39 is 17.3 Å². The second-order valence-electron chi connectivity index (χ2n) is 12.2. The molecule has 1 aliphatic carbocycles. The summed E-state index contributed by atoms with van der Waals surface area (Å²) in [5.41, 5.74) is 0.258. The number of ether oxygens (including phenoxy) is 1. The number of thiazole rings is 1. The molecule has 7 nitrogen and oxygen atoms in total. The zero-order valence-electron chi connectivity index (χ0n) is 24.3. The van der Waals surface area contributed by atoms with E-state index in [1.54, 1.807) is 18.3 Å². The van der Waals surface area contributed by atoms with Crippen LogP contribution in [0.2, 0.25) is 0 Å². The number of halogens is 3. The summed E-state index contributed by atoms with van der Waals surface area (Å²) in [6.45, 7) is 6.98. The molecule has 11 heteroatoms. The Kier molecular flexibility index (Phi) is 9.05. The van der Waals surface area contributed by atoms with E-state index in [2.05, 4.69) is 15.2 Å². The number of benzene rings is 1. The number of hydrogen-bond donors (Lipinski definition) is 1. The lowest BCUT2D eigenvalue weighted by Gasteiger charge is -2.31. The van der Waals surface area contributed by atoms with E-state index in [9.17, 15) is 18.0 Å². The summed E-state index contributed by atoms with van der Waals surface area (Å²) >= 11 is 1.43. The maximum absolute atomic E-state index is 13.6. The summed E-state index contributed by atoms with van der Waals surface area (Å²) < 4.78 is 46.3. The highest BCUT2D eigenvalue weighted by molar-refractivity contribution is 7.19. The second-order valence-corrected chi connectivity index (χ2v) is 13.2. The van der Waals surface area contributed by atoms with Crippen LogP contribution >= 0.6 is 11.3 Å². The molecule has 2 fully saturated rings. The smallest absolute Gasteiger partial charge is 0.416 e. The first kappa shape index (κ1) is 30.3. The lowest BCUT2D eigenvalue weighted by Crippen LogP contribution is -2.35. The Morgan fingerprint density at radius 3 is 2.48 bits per heavy atom. The van der Waals surface area contributed by atoms with Crippen molar-refractivity contribution in [1.82, 2.24) is 15.0 Å². The fourth-order valence-electron chi connectivity index (χ4n) is 5.59. The van der Waals surface area contributed by atoms with Crippen LogP contribution in [0, 0.1) is 5.92 Å². The Balaban J connectivity index is 1.41. The minimum absolute atomic E-state index is 0.189. The number of aromatic nitrogens is 3. The lowest BCUT2D eigenvalue weighted by atomic mass is 9.94.